The minimum Gasteiger partial charge on any atom is -0.314 e. The topological polar surface area (TPSA) is 15.3 Å². The van der Waals surface area contributed by atoms with Gasteiger partial charge >= 0.3 is 0 Å². The summed E-state index contributed by atoms with van der Waals surface area (Å²) in [5.41, 5.74) is 0.798. The second kappa shape index (κ2) is 5.55. The molecular weight excluding hydrogens is 246 g/mol. The molecule has 1 aromatic rings. The number of nitrogens with zero attached hydrogens (tertiary/aromatic N) is 1. The van der Waals surface area contributed by atoms with Gasteiger partial charge in [0.1, 0.15) is 11.6 Å². The first kappa shape index (κ1) is 13.0. The molecule has 4 heteroatoms. The molecule has 1 saturated carbocycles. The average Bonchev–Trinajstić information content (AvgIpc) is 3.20. The van der Waals surface area contributed by atoms with Gasteiger partial charge in [0.25, 0.3) is 0 Å². The highest BCUT2D eigenvalue weighted by atomic mass is 19.1. The fourth-order valence-corrected chi connectivity index (χ4v) is 2.93. The summed E-state index contributed by atoms with van der Waals surface area (Å²) in [7, 11) is 0. The van der Waals surface area contributed by atoms with Crippen LogP contribution >= 0.6 is 0 Å². The number of nitrogens with one attached hydrogen (secondary N) is 1. The average molecular weight is 266 g/mol. The maximum absolute atomic E-state index is 13.4. The zero-order valence-corrected chi connectivity index (χ0v) is 11.0. The van der Waals surface area contributed by atoms with Gasteiger partial charge in [-0.2, -0.15) is 0 Å². The quantitative estimate of drug-likeness (QED) is 0.901. The Bertz CT molecular complexity index is 420. The van der Waals surface area contributed by atoms with Gasteiger partial charge in [0.05, 0.1) is 0 Å². The molecule has 19 heavy (non-hydrogen) atoms. The molecule has 0 radical (unpaired) electrons. The summed E-state index contributed by atoms with van der Waals surface area (Å²) in [6, 6.07) is 4.12. The van der Waals surface area contributed by atoms with Crippen molar-refractivity contribution >= 4 is 0 Å². The molecular formula is C15H20F2N2. The lowest BCUT2D eigenvalue weighted by atomic mass is 9.98. The van der Waals surface area contributed by atoms with Crippen LogP contribution in [0.15, 0.2) is 18.2 Å². The van der Waals surface area contributed by atoms with Crippen LogP contribution in [0.3, 0.4) is 0 Å². The summed E-state index contributed by atoms with van der Waals surface area (Å²) in [4.78, 5) is 2.36. The number of piperazine rings is 1. The van der Waals surface area contributed by atoms with Crippen molar-refractivity contribution in [2.24, 2.45) is 5.92 Å². The van der Waals surface area contributed by atoms with Crippen molar-refractivity contribution in [2.45, 2.75) is 25.3 Å². The van der Waals surface area contributed by atoms with Crippen molar-refractivity contribution < 1.29 is 8.78 Å². The van der Waals surface area contributed by atoms with Crippen LogP contribution in [0.1, 0.15) is 30.9 Å². The Morgan fingerprint density at radius 2 is 1.74 bits per heavy atom. The van der Waals surface area contributed by atoms with Gasteiger partial charge in [-0.15, -0.1) is 0 Å². The summed E-state index contributed by atoms with van der Waals surface area (Å²) in [6.07, 6.45) is 3.56. The maximum atomic E-state index is 13.4. The Morgan fingerprint density at radius 1 is 1.11 bits per heavy atom. The largest absolute Gasteiger partial charge is 0.314 e. The molecule has 0 aromatic heterocycles. The second-order valence-electron chi connectivity index (χ2n) is 5.68. The Balaban J connectivity index is 1.83. The van der Waals surface area contributed by atoms with E-state index in [-0.39, 0.29) is 6.04 Å². The molecule has 2 fully saturated rings. The molecule has 0 bridgehead atoms. The zero-order chi connectivity index (χ0) is 13.2. The Hall–Kier alpha value is -1.00. The lowest BCUT2D eigenvalue weighted by Crippen LogP contribution is -2.45. The van der Waals surface area contributed by atoms with Crippen LogP contribution < -0.4 is 5.32 Å². The molecule has 0 unspecified atom stereocenters. The number of halogens is 2. The van der Waals surface area contributed by atoms with E-state index in [1.165, 1.54) is 25.0 Å². The SMILES string of the molecule is Fc1cc(F)cc([C@@H](CC2CC2)N2CCNCC2)c1. The molecule has 2 aliphatic rings. The molecule has 1 saturated heterocycles. The first-order chi connectivity index (χ1) is 9.22. The maximum Gasteiger partial charge on any atom is 0.126 e. The summed E-state index contributed by atoms with van der Waals surface area (Å²) < 4.78 is 26.9. The lowest BCUT2D eigenvalue weighted by molar-refractivity contribution is 0.160. The molecule has 2 nitrogen and oxygen atoms in total. The van der Waals surface area contributed by atoms with Crippen LogP contribution in [-0.4, -0.2) is 31.1 Å². The normalized spacial score (nSPS) is 22.4. The van der Waals surface area contributed by atoms with E-state index in [0.29, 0.717) is 0 Å². The highest BCUT2D eigenvalue weighted by Gasteiger charge is 2.30. The number of hydrogen-bond donors (Lipinski definition) is 1. The van der Waals surface area contributed by atoms with Gasteiger partial charge in [-0.25, -0.2) is 8.78 Å². The van der Waals surface area contributed by atoms with Crippen LogP contribution in [0.5, 0.6) is 0 Å². The Labute approximate surface area is 112 Å². The fraction of sp³-hybridized carbons (Fsp3) is 0.600. The van der Waals surface area contributed by atoms with Crippen molar-refractivity contribution in [3.63, 3.8) is 0 Å². The minimum atomic E-state index is -0.467. The highest BCUT2D eigenvalue weighted by molar-refractivity contribution is 5.22. The number of benzene rings is 1. The van der Waals surface area contributed by atoms with Crippen LogP contribution in [0.2, 0.25) is 0 Å². The van der Waals surface area contributed by atoms with E-state index in [9.17, 15) is 8.78 Å². The fourth-order valence-electron chi connectivity index (χ4n) is 2.93. The first-order valence-corrected chi connectivity index (χ1v) is 7.13. The highest BCUT2D eigenvalue weighted by Crippen LogP contribution is 2.40. The predicted molar refractivity (Wildman–Crippen MR) is 70.9 cm³/mol. The lowest BCUT2D eigenvalue weighted by Gasteiger charge is -2.35. The zero-order valence-electron chi connectivity index (χ0n) is 11.0. The van der Waals surface area contributed by atoms with E-state index in [0.717, 1.165) is 50.1 Å². The molecule has 1 heterocycles. The van der Waals surface area contributed by atoms with E-state index in [2.05, 4.69) is 10.2 Å². The van der Waals surface area contributed by atoms with Gasteiger partial charge in [-0.1, -0.05) is 12.8 Å². The minimum absolute atomic E-state index is 0.166. The third kappa shape index (κ3) is 3.31. The van der Waals surface area contributed by atoms with Crippen molar-refractivity contribution in [3.8, 4) is 0 Å². The molecule has 104 valence electrons. The van der Waals surface area contributed by atoms with Crippen molar-refractivity contribution in [1.29, 1.82) is 0 Å². The van der Waals surface area contributed by atoms with Crippen molar-refractivity contribution in [3.05, 3.63) is 35.4 Å². The Morgan fingerprint density at radius 3 is 2.32 bits per heavy atom. The van der Waals surface area contributed by atoms with Crippen molar-refractivity contribution in [1.82, 2.24) is 10.2 Å². The third-order valence-corrected chi connectivity index (χ3v) is 4.12. The van der Waals surface area contributed by atoms with Crippen LogP contribution in [-0.2, 0) is 0 Å². The summed E-state index contributed by atoms with van der Waals surface area (Å²) in [6.45, 7) is 3.82. The molecule has 1 atom stereocenters. The number of hydrogen-bond acceptors (Lipinski definition) is 2. The van der Waals surface area contributed by atoms with E-state index in [4.69, 9.17) is 0 Å². The van der Waals surface area contributed by atoms with E-state index in [1.54, 1.807) is 0 Å². The van der Waals surface area contributed by atoms with Gasteiger partial charge in [-0.05, 0) is 30.0 Å². The van der Waals surface area contributed by atoms with E-state index < -0.39 is 11.6 Å². The van der Waals surface area contributed by atoms with Crippen LogP contribution in [0.25, 0.3) is 0 Å². The van der Waals surface area contributed by atoms with Gasteiger partial charge in [0.2, 0.25) is 0 Å². The van der Waals surface area contributed by atoms with Gasteiger partial charge in [0, 0.05) is 38.3 Å². The van der Waals surface area contributed by atoms with Crippen LogP contribution in [0.4, 0.5) is 8.78 Å². The molecule has 3 rings (SSSR count). The van der Waals surface area contributed by atoms with Crippen molar-refractivity contribution in [2.75, 3.05) is 26.2 Å². The van der Waals surface area contributed by atoms with E-state index >= 15 is 0 Å². The molecule has 0 spiro atoms. The molecule has 1 aromatic carbocycles. The monoisotopic (exact) mass is 266 g/mol. The molecule has 1 aliphatic carbocycles. The predicted octanol–water partition coefficient (Wildman–Crippen LogP) is 2.71. The third-order valence-electron chi connectivity index (χ3n) is 4.12. The number of rotatable bonds is 4. The van der Waals surface area contributed by atoms with Gasteiger partial charge < -0.3 is 5.32 Å². The molecule has 1 N–H and O–H groups in total. The van der Waals surface area contributed by atoms with Crippen LogP contribution in [0, 0.1) is 17.6 Å². The molecule has 0 amide bonds. The molecule has 1 aliphatic heterocycles. The summed E-state index contributed by atoms with van der Waals surface area (Å²) in [5, 5.41) is 3.32. The smallest absolute Gasteiger partial charge is 0.126 e. The van der Waals surface area contributed by atoms with E-state index in [1.807, 2.05) is 0 Å². The van der Waals surface area contributed by atoms with Gasteiger partial charge in [0.15, 0.2) is 0 Å². The summed E-state index contributed by atoms with van der Waals surface area (Å²) in [5.74, 6) is -0.192. The first-order valence-electron chi connectivity index (χ1n) is 7.13. The summed E-state index contributed by atoms with van der Waals surface area (Å²) >= 11 is 0. The standard InChI is InChI=1S/C15H20F2N2/c16-13-8-12(9-14(17)10-13)15(7-11-1-2-11)19-5-3-18-4-6-19/h8-11,15,18H,1-7H2/t15-/m1/s1. The Kier molecular flexibility index (Phi) is 3.80. The van der Waals surface area contributed by atoms with Gasteiger partial charge in [-0.3, -0.25) is 4.90 Å². The second-order valence-corrected chi connectivity index (χ2v) is 5.68.